The van der Waals surface area contributed by atoms with Crippen molar-refractivity contribution in [2.75, 3.05) is 0 Å². The van der Waals surface area contributed by atoms with Gasteiger partial charge in [0.25, 0.3) is 0 Å². The average molecular weight is 227 g/mol. The van der Waals surface area contributed by atoms with E-state index < -0.39 is 0 Å². The van der Waals surface area contributed by atoms with Crippen molar-refractivity contribution < 1.29 is 10.2 Å². The highest BCUT2D eigenvalue weighted by atomic mass is 16.3. The van der Waals surface area contributed by atoms with E-state index in [9.17, 15) is 10.2 Å². The van der Waals surface area contributed by atoms with Crippen molar-refractivity contribution in [3.8, 4) is 11.5 Å². The van der Waals surface area contributed by atoms with Crippen LogP contribution < -0.4 is 0 Å². The van der Waals surface area contributed by atoms with Gasteiger partial charge in [-0.25, -0.2) is 0 Å². The van der Waals surface area contributed by atoms with Crippen LogP contribution in [0.3, 0.4) is 0 Å². The quantitative estimate of drug-likeness (QED) is 0.545. The Morgan fingerprint density at radius 3 is 2.47 bits per heavy atom. The topological polar surface area (TPSA) is 64.3 Å². The van der Waals surface area contributed by atoms with Crippen LogP contribution in [-0.4, -0.2) is 15.9 Å². The summed E-state index contributed by atoms with van der Waals surface area (Å²) in [4.78, 5) is 0. The molecule has 2 aromatic rings. The van der Waals surface area contributed by atoms with Crippen LogP contribution in [0.5, 0.6) is 11.5 Å². The van der Waals surface area contributed by atoms with Crippen LogP contribution in [0.4, 0.5) is 0 Å². The van der Waals surface area contributed by atoms with Gasteiger partial charge in [0.2, 0.25) is 0 Å². The number of phenolic OH excluding ortho intramolecular Hbond substituents is 2. The Labute approximate surface area is 99.5 Å². The van der Waals surface area contributed by atoms with E-state index in [4.69, 9.17) is 5.41 Å². The average Bonchev–Trinajstić information content (AvgIpc) is 2.32. The molecule has 3 N–H and O–H groups in total. The second kappa shape index (κ2) is 4.29. The molecule has 2 rings (SSSR count). The van der Waals surface area contributed by atoms with Gasteiger partial charge in [-0.15, -0.1) is 0 Å². The molecule has 0 aliphatic carbocycles. The predicted molar refractivity (Wildman–Crippen MR) is 66.9 cm³/mol. The molecule has 0 atom stereocenters. The summed E-state index contributed by atoms with van der Waals surface area (Å²) in [6.07, 6.45) is 0. The summed E-state index contributed by atoms with van der Waals surface area (Å²) >= 11 is 0. The molecule has 0 fully saturated rings. The number of aromatic hydroxyl groups is 2. The van der Waals surface area contributed by atoms with Crippen LogP contribution in [0.2, 0.25) is 0 Å². The zero-order chi connectivity index (χ0) is 12.4. The van der Waals surface area contributed by atoms with Gasteiger partial charge in [0.05, 0.1) is 5.71 Å². The minimum Gasteiger partial charge on any atom is -0.504 e. The Balaban J connectivity index is 2.48. The molecule has 0 saturated carbocycles. The molecule has 0 heterocycles. The lowest BCUT2D eigenvalue weighted by Gasteiger charge is -2.08. The number of rotatable bonds is 2. The fourth-order valence-corrected chi connectivity index (χ4v) is 1.69. The van der Waals surface area contributed by atoms with E-state index in [-0.39, 0.29) is 17.2 Å². The molecule has 0 aliphatic rings. The van der Waals surface area contributed by atoms with Gasteiger partial charge in [-0.1, -0.05) is 29.8 Å². The maximum atomic E-state index is 9.71. The lowest BCUT2D eigenvalue weighted by Crippen LogP contribution is -2.01. The van der Waals surface area contributed by atoms with Gasteiger partial charge >= 0.3 is 0 Å². The highest BCUT2D eigenvalue weighted by Crippen LogP contribution is 2.29. The van der Waals surface area contributed by atoms with Crippen LogP contribution in [0.25, 0.3) is 0 Å². The first kappa shape index (κ1) is 11.2. The highest BCUT2D eigenvalue weighted by Gasteiger charge is 2.12. The van der Waals surface area contributed by atoms with Gasteiger partial charge in [0.15, 0.2) is 11.5 Å². The summed E-state index contributed by atoms with van der Waals surface area (Å²) in [6, 6.07) is 12.1. The molecular weight excluding hydrogens is 214 g/mol. The molecule has 86 valence electrons. The van der Waals surface area contributed by atoms with Crippen molar-refractivity contribution in [2.45, 2.75) is 6.92 Å². The van der Waals surface area contributed by atoms with Crippen molar-refractivity contribution in [3.05, 3.63) is 59.2 Å². The zero-order valence-corrected chi connectivity index (χ0v) is 9.44. The fraction of sp³-hybridized carbons (Fsp3) is 0.0714. The van der Waals surface area contributed by atoms with Crippen molar-refractivity contribution in [2.24, 2.45) is 0 Å². The molecule has 3 nitrogen and oxygen atoms in total. The van der Waals surface area contributed by atoms with E-state index in [0.29, 0.717) is 11.1 Å². The SMILES string of the molecule is Cc1cccc(C(=N)c2cccc(O)c2O)c1. The molecule has 0 unspecified atom stereocenters. The minimum absolute atomic E-state index is 0.196. The van der Waals surface area contributed by atoms with Crippen LogP contribution in [-0.2, 0) is 0 Å². The highest BCUT2D eigenvalue weighted by molar-refractivity contribution is 6.12. The predicted octanol–water partition coefficient (Wildman–Crippen LogP) is 2.82. The monoisotopic (exact) mass is 227 g/mol. The molecule has 0 amide bonds. The summed E-state index contributed by atoms with van der Waals surface area (Å²) in [5.41, 5.74) is 2.29. The summed E-state index contributed by atoms with van der Waals surface area (Å²) in [5, 5.41) is 27.1. The molecule has 0 aliphatic heterocycles. The lowest BCUT2D eigenvalue weighted by molar-refractivity contribution is 0.403. The first-order valence-corrected chi connectivity index (χ1v) is 5.26. The third-order valence-corrected chi connectivity index (χ3v) is 2.59. The summed E-state index contributed by atoms with van der Waals surface area (Å²) in [5.74, 6) is -0.459. The molecular formula is C14H13NO2. The van der Waals surface area contributed by atoms with Crippen molar-refractivity contribution in [1.29, 1.82) is 5.41 Å². The van der Waals surface area contributed by atoms with Crippen LogP contribution in [0, 0.1) is 12.3 Å². The Morgan fingerprint density at radius 2 is 1.76 bits per heavy atom. The second-order valence-electron chi connectivity index (χ2n) is 3.92. The maximum Gasteiger partial charge on any atom is 0.167 e. The molecule has 0 aromatic heterocycles. The number of aryl methyl sites for hydroxylation is 1. The summed E-state index contributed by atoms with van der Waals surface area (Å²) < 4.78 is 0. The minimum atomic E-state index is -0.251. The fourth-order valence-electron chi connectivity index (χ4n) is 1.69. The normalized spacial score (nSPS) is 10.2. The van der Waals surface area contributed by atoms with Crippen LogP contribution >= 0.6 is 0 Å². The number of benzene rings is 2. The third-order valence-electron chi connectivity index (χ3n) is 2.59. The maximum absolute atomic E-state index is 9.71. The number of nitrogens with one attached hydrogen (secondary N) is 1. The van der Waals surface area contributed by atoms with E-state index >= 15 is 0 Å². The number of para-hydroxylation sites is 1. The van der Waals surface area contributed by atoms with Gasteiger partial charge < -0.3 is 10.2 Å². The molecule has 0 spiro atoms. The van der Waals surface area contributed by atoms with E-state index in [1.54, 1.807) is 18.2 Å². The summed E-state index contributed by atoms with van der Waals surface area (Å²) in [7, 11) is 0. The largest absolute Gasteiger partial charge is 0.504 e. The van der Waals surface area contributed by atoms with Crippen molar-refractivity contribution in [3.63, 3.8) is 0 Å². The van der Waals surface area contributed by atoms with E-state index in [0.717, 1.165) is 5.56 Å². The first-order chi connectivity index (χ1) is 8.09. The first-order valence-electron chi connectivity index (χ1n) is 5.26. The van der Waals surface area contributed by atoms with E-state index in [1.165, 1.54) is 6.07 Å². The molecule has 0 radical (unpaired) electrons. The molecule has 2 aromatic carbocycles. The molecule has 0 saturated heterocycles. The third kappa shape index (κ3) is 2.13. The Hall–Kier alpha value is -2.29. The number of hydrogen-bond acceptors (Lipinski definition) is 3. The zero-order valence-electron chi connectivity index (χ0n) is 9.44. The smallest absolute Gasteiger partial charge is 0.167 e. The molecule has 17 heavy (non-hydrogen) atoms. The van der Waals surface area contributed by atoms with Crippen molar-refractivity contribution in [1.82, 2.24) is 0 Å². The lowest BCUT2D eigenvalue weighted by atomic mass is 10.00. The second-order valence-corrected chi connectivity index (χ2v) is 3.92. The van der Waals surface area contributed by atoms with Gasteiger partial charge in [-0.05, 0) is 25.1 Å². The standard InChI is InChI=1S/C14H13NO2/c1-9-4-2-5-10(8-9)13(15)11-6-3-7-12(16)14(11)17/h2-8,15-17H,1H3. The molecule has 3 heteroatoms. The van der Waals surface area contributed by atoms with Crippen molar-refractivity contribution >= 4 is 5.71 Å². The number of phenols is 2. The van der Waals surface area contributed by atoms with Gasteiger partial charge in [-0.2, -0.15) is 0 Å². The van der Waals surface area contributed by atoms with Gasteiger partial charge in [0, 0.05) is 11.1 Å². The Kier molecular flexibility index (Phi) is 2.83. The Bertz CT molecular complexity index is 576. The van der Waals surface area contributed by atoms with E-state index in [1.807, 2.05) is 25.1 Å². The van der Waals surface area contributed by atoms with Gasteiger partial charge in [-0.3, -0.25) is 5.41 Å². The van der Waals surface area contributed by atoms with E-state index in [2.05, 4.69) is 0 Å². The molecule has 0 bridgehead atoms. The summed E-state index contributed by atoms with van der Waals surface area (Å²) in [6.45, 7) is 1.94. The van der Waals surface area contributed by atoms with Gasteiger partial charge in [0.1, 0.15) is 0 Å². The van der Waals surface area contributed by atoms with Crippen LogP contribution in [0.15, 0.2) is 42.5 Å². The Morgan fingerprint density at radius 1 is 1.06 bits per heavy atom. The van der Waals surface area contributed by atoms with Crippen LogP contribution in [0.1, 0.15) is 16.7 Å². The number of hydrogen-bond donors (Lipinski definition) is 3.